The Morgan fingerprint density at radius 3 is 2.71 bits per heavy atom. The molecule has 0 radical (unpaired) electrons. The molecule has 2 fully saturated rings. The van der Waals surface area contributed by atoms with Crippen molar-refractivity contribution < 1.29 is 14.0 Å². The highest BCUT2D eigenvalue weighted by atomic mass is 19.1. The molecule has 3 rings (SSSR count). The van der Waals surface area contributed by atoms with Gasteiger partial charge in [-0.3, -0.25) is 14.9 Å². The molecular formula is C17H20FNO2. The third-order valence-electron chi connectivity index (χ3n) is 5.32. The summed E-state index contributed by atoms with van der Waals surface area (Å²) in [6, 6.07) is 6.45. The molecule has 1 N–H and O–H groups in total. The quantitative estimate of drug-likeness (QED) is 0.807. The Morgan fingerprint density at radius 2 is 2.00 bits per heavy atom. The first kappa shape index (κ1) is 14.2. The van der Waals surface area contributed by atoms with Crippen molar-refractivity contribution in [3.63, 3.8) is 0 Å². The number of halogens is 1. The third kappa shape index (κ3) is 2.27. The molecule has 1 saturated carbocycles. The average molecular weight is 289 g/mol. The van der Waals surface area contributed by atoms with Gasteiger partial charge in [-0.25, -0.2) is 4.39 Å². The Morgan fingerprint density at radius 1 is 1.24 bits per heavy atom. The Bertz CT molecular complexity index is 586. The highest BCUT2D eigenvalue weighted by molar-refractivity contribution is 6.02. The van der Waals surface area contributed by atoms with Crippen molar-refractivity contribution in [3.05, 3.63) is 35.6 Å². The summed E-state index contributed by atoms with van der Waals surface area (Å²) in [7, 11) is 0. The van der Waals surface area contributed by atoms with Crippen LogP contribution in [0.1, 0.15) is 50.5 Å². The minimum absolute atomic E-state index is 0.221. The van der Waals surface area contributed by atoms with Crippen LogP contribution in [0.15, 0.2) is 24.3 Å². The van der Waals surface area contributed by atoms with E-state index in [1.54, 1.807) is 18.2 Å². The molecule has 0 aromatic heterocycles. The van der Waals surface area contributed by atoms with E-state index in [0.717, 1.165) is 25.7 Å². The highest BCUT2D eigenvalue weighted by Crippen LogP contribution is 2.54. The first-order chi connectivity index (χ1) is 10.0. The number of hydrogen-bond donors (Lipinski definition) is 1. The van der Waals surface area contributed by atoms with Crippen molar-refractivity contribution >= 4 is 11.8 Å². The van der Waals surface area contributed by atoms with E-state index in [9.17, 15) is 14.0 Å². The molecule has 2 aliphatic rings. The predicted molar refractivity (Wildman–Crippen MR) is 77.0 cm³/mol. The van der Waals surface area contributed by atoms with E-state index in [0.29, 0.717) is 12.0 Å². The molecule has 1 spiro atoms. The number of amides is 2. The molecule has 1 aromatic carbocycles. The lowest BCUT2D eigenvalue weighted by molar-refractivity contribution is -0.143. The van der Waals surface area contributed by atoms with Gasteiger partial charge in [-0.05, 0) is 23.8 Å². The molecule has 1 aliphatic heterocycles. The van der Waals surface area contributed by atoms with Crippen LogP contribution in [0.5, 0.6) is 0 Å². The van der Waals surface area contributed by atoms with Gasteiger partial charge in [0.25, 0.3) is 0 Å². The number of imide groups is 1. The molecule has 1 aliphatic carbocycles. The normalized spacial score (nSPS) is 33.0. The van der Waals surface area contributed by atoms with Gasteiger partial charge in [0.1, 0.15) is 5.82 Å². The predicted octanol–water partition coefficient (Wildman–Crippen LogP) is 3.15. The summed E-state index contributed by atoms with van der Waals surface area (Å²) < 4.78 is 14.2. The van der Waals surface area contributed by atoms with Crippen LogP contribution in [-0.2, 0) is 9.59 Å². The van der Waals surface area contributed by atoms with Gasteiger partial charge in [-0.15, -0.1) is 0 Å². The summed E-state index contributed by atoms with van der Waals surface area (Å²) >= 11 is 0. The Balaban J connectivity index is 2.11. The minimum Gasteiger partial charge on any atom is -0.296 e. The SMILES string of the molecule is CC1CCCCC12CC(=O)NC(=O)C2c1ccccc1F. The minimum atomic E-state index is -0.563. The van der Waals surface area contributed by atoms with Crippen LogP contribution < -0.4 is 5.32 Å². The molecule has 1 saturated heterocycles. The van der Waals surface area contributed by atoms with E-state index in [1.807, 2.05) is 0 Å². The summed E-state index contributed by atoms with van der Waals surface area (Å²) in [5.41, 5.74) is -0.00361. The zero-order chi connectivity index (χ0) is 15.0. The fourth-order valence-electron chi connectivity index (χ4n) is 4.21. The summed E-state index contributed by atoms with van der Waals surface area (Å²) in [5.74, 6) is -1.24. The second kappa shape index (κ2) is 5.24. The topological polar surface area (TPSA) is 46.2 Å². The molecular weight excluding hydrogens is 269 g/mol. The smallest absolute Gasteiger partial charge is 0.234 e. The second-order valence-corrected chi connectivity index (χ2v) is 6.42. The van der Waals surface area contributed by atoms with E-state index in [4.69, 9.17) is 0 Å². The Labute approximate surface area is 123 Å². The fourth-order valence-corrected chi connectivity index (χ4v) is 4.21. The van der Waals surface area contributed by atoms with Crippen molar-refractivity contribution in [1.82, 2.24) is 5.32 Å². The van der Waals surface area contributed by atoms with Gasteiger partial charge in [-0.1, -0.05) is 44.4 Å². The number of carbonyl (C=O) groups excluding carboxylic acids is 2. The summed E-state index contributed by atoms with van der Waals surface area (Å²) in [4.78, 5) is 24.4. The van der Waals surface area contributed by atoms with Crippen LogP contribution in [0.3, 0.4) is 0 Å². The maximum Gasteiger partial charge on any atom is 0.234 e. The zero-order valence-corrected chi connectivity index (χ0v) is 12.2. The number of benzene rings is 1. The first-order valence-corrected chi connectivity index (χ1v) is 7.63. The Hall–Kier alpha value is -1.71. The van der Waals surface area contributed by atoms with Crippen molar-refractivity contribution in [2.75, 3.05) is 0 Å². The van der Waals surface area contributed by atoms with Crippen molar-refractivity contribution in [1.29, 1.82) is 0 Å². The van der Waals surface area contributed by atoms with E-state index in [-0.39, 0.29) is 23.5 Å². The number of nitrogens with one attached hydrogen (secondary N) is 1. The number of hydrogen-bond acceptors (Lipinski definition) is 2. The van der Waals surface area contributed by atoms with Gasteiger partial charge in [0.05, 0.1) is 5.92 Å². The Kier molecular flexibility index (Phi) is 3.56. The summed E-state index contributed by atoms with van der Waals surface area (Å²) in [5, 5.41) is 2.40. The molecule has 1 aromatic rings. The van der Waals surface area contributed by atoms with Crippen LogP contribution in [0.2, 0.25) is 0 Å². The molecule has 4 heteroatoms. The van der Waals surface area contributed by atoms with Crippen LogP contribution in [0.25, 0.3) is 0 Å². The van der Waals surface area contributed by atoms with Crippen LogP contribution in [-0.4, -0.2) is 11.8 Å². The second-order valence-electron chi connectivity index (χ2n) is 6.42. The molecule has 3 atom stereocenters. The lowest BCUT2D eigenvalue weighted by atomic mass is 9.55. The van der Waals surface area contributed by atoms with Gasteiger partial charge in [-0.2, -0.15) is 0 Å². The lowest BCUT2D eigenvalue weighted by Gasteiger charge is -2.49. The highest BCUT2D eigenvalue weighted by Gasteiger charge is 2.53. The maximum atomic E-state index is 14.2. The van der Waals surface area contributed by atoms with Crippen LogP contribution in [0.4, 0.5) is 4.39 Å². The van der Waals surface area contributed by atoms with E-state index in [1.165, 1.54) is 6.07 Å². The van der Waals surface area contributed by atoms with E-state index < -0.39 is 11.3 Å². The van der Waals surface area contributed by atoms with E-state index >= 15 is 0 Å². The molecule has 21 heavy (non-hydrogen) atoms. The summed E-state index contributed by atoms with van der Waals surface area (Å²) in [6.45, 7) is 2.10. The lowest BCUT2D eigenvalue weighted by Crippen LogP contribution is -2.54. The monoisotopic (exact) mass is 289 g/mol. The molecule has 3 unspecified atom stereocenters. The number of carbonyl (C=O) groups is 2. The standard InChI is InChI=1S/C17H20FNO2/c1-11-6-4-5-9-17(11)10-14(20)19-16(21)15(17)12-7-2-3-8-13(12)18/h2-3,7-8,11,15H,4-6,9-10H2,1H3,(H,19,20,21). The van der Waals surface area contributed by atoms with Crippen molar-refractivity contribution in [2.24, 2.45) is 11.3 Å². The average Bonchev–Trinajstić information content (AvgIpc) is 2.43. The molecule has 0 bridgehead atoms. The van der Waals surface area contributed by atoms with Crippen LogP contribution >= 0.6 is 0 Å². The number of piperidine rings is 1. The summed E-state index contributed by atoms with van der Waals surface area (Å²) in [6.07, 6.45) is 4.23. The number of rotatable bonds is 1. The first-order valence-electron chi connectivity index (χ1n) is 7.63. The van der Waals surface area contributed by atoms with Gasteiger partial charge < -0.3 is 0 Å². The van der Waals surface area contributed by atoms with E-state index in [2.05, 4.69) is 12.2 Å². The van der Waals surface area contributed by atoms with Gasteiger partial charge in [0, 0.05) is 12.0 Å². The molecule has 2 amide bonds. The maximum absolute atomic E-state index is 14.2. The molecule has 3 nitrogen and oxygen atoms in total. The third-order valence-corrected chi connectivity index (χ3v) is 5.32. The van der Waals surface area contributed by atoms with Gasteiger partial charge in [0.2, 0.25) is 11.8 Å². The molecule has 1 heterocycles. The van der Waals surface area contributed by atoms with Crippen molar-refractivity contribution in [2.45, 2.75) is 44.9 Å². The van der Waals surface area contributed by atoms with Crippen molar-refractivity contribution in [3.8, 4) is 0 Å². The van der Waals surface area contributed by atoms with Gasteiger partial charge >= 0.3 is 0 Å². The fraction of sp³-hybridized carbons (Fsp3) is 0.529. The largest absolute Gasteiger partial charge is 0.296 e. The zero-order valence-electron chi connectivity index (χ0n) is 12.2. The van der Waals surface area contributed by atoms with Crippen LogP contribution in [0, 0.1) is 17.2 Å². The van der Waals surface area contributed by atoms with Gasteiger partial charge in [0.15, 0.2) is 0 Å². The molecule has 112 valence electrons.